The van der Waals surface area contributed by atoms with Gasteiger partial charge in [0.05, 0.1) is 0 Å². The molecule has 1 aromatic carbocycles. The minimum absolute atomic E-state index is 0.297. The summed E-state index contributed by atoms with van der Waals surface area (Å²) in [7, 11) is 0. The molecule has 0 fully saturated rings. The Morgan fingerprint density at radius 1 is 1.53 bits per heavy atom. The standard InChI is InChI=1S/C13H10FNO2/c1-8-6-9-7-15-5-4-11(9)13(14)10(8)2-3-12(16)17/h2-7H,1H3,(H,16,17). The maximum Gasteiger partial charge on any atom is 0.328 e. The molecule has 0 unspecified atom stereocenters. The van der Waals surface area contributed by atoms with Crippen LogP contribution in [0, 0.1) is 12.7 Å². The average Bonchev–Trinajstić information content (AvgIpc) is 2.28. The fourth-order valence-corrected chi connectivity index (χ4v) is 1.71. The number of hydrogen-bond donors (Lipinski definition) is 1. The lowest BCUT2D eigenvalue weighted by molar-refractivity contribution is -0.131. The van der Waals surface area contributed by atoms with Crippen LogP contribution in [0.5, 0.6) is 0 Å². The van der Waals surface area contributed by atoms with Gasteiger partial charge in [0.15, 0.2) is 0 Å². The Morgan fingerprint density at radius 3 is 3.00 bits per heavy atom. The highest BCUT2D eigenvalue weighted by molar-refractivity contribution is 5.89. The van der Waals surface area contributed by atoms with Crippen molar-refractivity contribution in [2.45, 2.75) is 6.92 Å². The lowest BCUT2D eigenvalue weighted by Crippen LogP contribution is -1.93. The third kappa shape index (κ3) is 2.15. The zero-order valence-corrected chi connectivity index (χ0v) is 9.14. The van der Waals surface area contributed by atoms with Gasteiger partial charge in [-0.05, 0) is 30.7 Å². The molecule has 0 aliphatic rings. The van der Waals surface area contributed by atoms with E-state index < -0.39 is 11.8 Å². The summed E-state index contributed by atoms with van der Waals surface area (Å²) >= 11 is 0. The second-order valence-electron chi connectivity index (χ2n) is 3.69. The van der Waals surface area contributed by atoms with E-state index in [1.807, 2.05) is 0 Å². The van der Waals surface area contributed by atoms with Crippen LogP contribution in [0.4, 0.5) is 4.39 Å². The molecule has 3 nitrogen and oxygen atoms in total. The number of halogens is 1. The Balaban J connectivity index is 2.67. The smallest absolute Gasteiger partial charge is 0.328 e. The Hall–Kier alpha value is -2.23. The number of aromatic nitrogens is 1. The Morgan fingerprint density at radius 2 is 2.29 bits per heavy atom. The van der Waals surface area contributed by atoms with Gasteiger partial charge in [0.1, 0.15) is 5.82 Å². The van der Waals surface area contributed by atoms with Crippen molar-refractivity contribution in [3.8, 4) is 0 Å². The van der Waals surface area contributed by atoms with E-state index in [0.717, 1.165) is 6.08 Å². The van der Waals surface area contributed by atoms with Crippen molar-refractivity contribution in [2.75, 3.05) is 0 Å². The lowest BCUT2D eigenvalue weighted by atomic mass is 10.0. The molecule has 0 spiro atoms. The van der Waals surface area contributed by atoms with Gasteiger partial charge < -0.3 is 5.11 Å². The van der Waals surface area contributed by atoms with Gasteiger partial charge in [-0.3, -0.25) is 4.98 Å². The zero-order valence-electron chi connectivity index (χ0n) is 9.14. The summed E-state index contributed by atoms with van der Waals surface area (Å²) in [5.74, 6) is -1.52. The van der Waals surface area contributed by atoms with Crippen molar-refractivity contribution in [1.82, 2.24) is 4.98 Å². The number of hydrogen-bond acceptors (Lipinski definition) is 2. The molecule has 1 N–H and O–H groups in total. The highest BCUT2D eigenvalue weighted by atomic mass is 19.1. The van der Waals surface area contributed by atoms with Crippen molar-refractivity contribution >= 4 is 22.8 Å². The maximum absolute atomic E-state index is 14.1. The highest BCUT2D eigenvalue weighted by Gasteiger charge is 2.08. The Labute approximate surface area is 97.2 Å². The van der Waals surface area contributed by atoms with Crippen molar-refractivity contribution in [3.05, 3.63) is 47.5 Å². The van der Waals surface area contributed by atoms with Gasteiger partial charge in [-0.15, -0.1) is 0 Å². The summed E-state index contributed by atoms with van der Waals surface area (Å²) in [4.78, 5) is 14.4. The van der Waals surface area contributed by atoms with Gasteiger partial charge in [0, 0.05) is 34.8 Å². The van der Waals surface area contributed by atoms with E-state index >= 15 is 0 Å². The van der Waals surface area contributed by atoms with Gasteiger partial charge in [-0.25, -0.2) is 9.18 Å². The van der Waals surface area contributed by atoms with Crippen LogP contribution in [-0.4, -0.2) is 16.1 Å². The first-order valence-corrected chi connectivity index (χ1v) is 5.03. The number of carboxylic acid groups (broad SMARTS) is 1. The van der Waals surface area contributed by atoms with Gasteiger partial charge in [0.25, 0.3) is 0 Å². The number of rotatable bonds is 2. The van der Waals surface area contributed by atoms with Crippen LogP contribution in [0.25, 0.3) is 16.8 Å². The molecule has 4 heteroatoms. The molecule has 0 aliphatic heterocycles. The van der Waals surface area contributed by atoms with Crippen LogP contribution in [0.2, 0.25) is 0 Å². The SMILES string of the molecule is Cc1cc2cnccc2c(F)c1C=CC(=O)O. The van der Waals surface area contributed by atoms with Crippen LogP contribution in [0.3, 0.4) is 0 Å². The molecule has 0 amide bonds. The Kier molecular flexibility index (Phi) is 2.87. The number of pyridine rings is 1. The third-order valence-electron chi connectivity index (χ3n) is 2.51. The molecular weight excluding hydrogens is 221 g/mol. The molecule has 0 radical (unpaired) electrons. The van der Waals surface area contributed by atoms with Crippen LogP contribution in [0.1, 0.15) is 11.1 Å². The molecule has 86 valence electrons. The molecule has 0 atom stereocenters. The van der Waals surface area contributed by atoms with E-state index in [9.17, 15) is 9.18 Å². The predicted octanol–water partition coefficient (Wildman–Crippen LogP) is 2.78. The Bertz CT molecular complexity index is 620. The lowest BCUT2D eigenvalue weighted by Gasteiger charge is -2.06. The third-order valence-corrected chi connectivity index (χ3v) is 2.51. The number of fused-ring (bicyclic) bond motifs is 1. The average molecular weight is 231 g/mol. The first kappa shape index (κ1) is 11.3. The van der Waals surface area contributed by atoms with E-state index in [4.69, 9.17) is 5.11 Å². The molecule has 0 aliphatic carbocycles. The summed E-state index contributed by atoms with van der Waals surface area (Å²) in [5.41, 5.74) is 0.978. The molecule has 17 heavy (non-hydrogen) atoms. The number of carbonyl (C=O) groups is 1. The summed E-state index contributed by atoms with van der Waals surface area (Å²) in [5, 5.41) is 9.69. The minimum atomic E-state index is -1.10. The molecule has 0 saturated heterocycles. The highest BCUT2D eigenvalue weighted by Crippen LogP contribution is 2.24. The predicted molar refractivity (Wildman–Crippen MR) is 63.1 cm³/mol. The van der Waals surface area contributed by atoms with Crippen LogP contribution < -0.4 is 0 Å². The second-order valence-corrected chi connectivity index (χ2v) is 3.69. The van der Waals surface area contributed by atoms with Crippen LogP contribution in [0.15, 0.2) is 30.6 Å². The molecule has 0 bridgehead atoms. The first-order chi connectivity index (χ1) is 8.09. The van der Waals surface area contributed by atoms with E-state index in [1.54, 1.807) is 25.3 Å². The number of aliphatic carboxylic acids is 1. The monoisotopic (exact) mass is 231 g/mol. The first-order valence-electron chi connectivity index (χ1n) is 5.03. The second kappa shape index (κ2) is 4.33. The fourth-order valence-electron chi connectivity index (χ4n) is 1.71. The normalized spacial score (nSPS) is 11.2. The molecule has 1 aromatic heterocycles. The van der Waals surface area contributed by atoms with Gasteiger partial charge >= 0.3 is 5.97 Å². The minimum Gasteiger partial charge on any atom is -0.478 e. The van der Waals surface area contributed by atoms with Crippen LogP contribution >= 0.6 is 0 Å². The van der Waals surface area contributed by atoms with Crippen LogP contribution in [-0.2, 0) is 4.79 Å². The van der Waals surface area contributed by atoms with Crippen molar-refractivity contribution in [3.63, 3.8) is 0 Å². The number of carboxylic acids is 1. The van der Waals surface area contributed by atoms with Gasteiger partial charge in [-0.1, -0.05) is 0 Å². The largest absolute Gasteiger partial charge is 0.478 e. The summed E-state index contributed by atoms with van der Waals surface area (Å²) in [6.45, 7) is 1.73. The molecule has 2 rings (SSSR count). The van der Waals surface area contributed by atoms with E-state index in [0.29, 0.717) is 21.9 Å². The van der Waals surface area contributed by atoms with Gasteiger partial charge in [0.2, 0.25) is 0 Å². The zero-order chi connectivity index (χ0) is 12.4. The van der Waals surface area contributed by atoms with Crippen molar-refractivity contribution < 1.29 is 14.3 Å². The molecule has 0 saturated carbocycles. The molecule has 2 aromatic rings. The van der Waals surface area contributed by atoms with E-state index in [-0.39, 0.29) is 0 Å². The topological polar surface area (TPSA) is 50.2 Å². The number of nitrogens with zero attached hydrogens (tertiary/aromatic N) is 1. The molecule has 1 heterocycles. The van der Waals surface area contributed by atoms with E-state index in [1.165, 1.54) is 12.3 Å². The van der Waals surface area contributed by atoms with Crippen molar-refractivity contribution in [1.29, 1.82) is 0 Å². The summed E-state index contributed by atoms with van der Waals surface area (Å²) in [6, 6.07) is 3.36. The molecular formula is C13H10FNO2. The number of benzene rings is 1. The summed E-state index contributed by atoms with van der Waals surface area (Å²) < 4.78 is 14.1. The number of aryl methyl sites for hydroxylation is 1. The van der Waals surface area contributed by atoms with Gasteiger partial charge in [-0.2, -0.15) is 0 Å². The quantitative estimate of drug-likeness (QED) is 0.808. The summed E-state index contributed by atoms with van der Waals surface area (Å²) in [6.07, 6.45) is 5.28. The van der Waals surface area contributed by atoms with Crippen molar-refractivity contribution in [2.24, 2.45) is 0 Å². The fraction of sp³-hybridized carbons (Fsp3) is 0.0769. The van der Waals surface area contributed by atoms with E-state index in [2.05, 4.69) is 4.98 Å². The maximum atomic E-state index is 14.1.